The zero-order valence-corrected chi connectivity index (χ0v) is 17.4. The van der Waals surface area contributed by atoms with Gasteiger partial charge in [0.1, 0.15) is 16.8 Å². The van der Waals surface area contributed by atoms with E-state index in [1.54, 1.807) is 4.68 Å². The van der Waals surface area contributed by atoms with Crippen LogP contribution in [0.2, 0.25) is 5.15 Å². The number of nitriles is 1. The summed E-state index contributed by atoms with van der Waals surface area (Å²) < 4.78 is 7.33. The average molecular weight is 409 g/mol. The Morgan fingerprint density at radius 2 is 1.93 bits per heavy atom. The summed E-state index contributed by atoms with van der Waals surface area (Å²) in [4.78, 5) is 0. The molecule has 1 aliphatic rings. The van der Waals surface area contributed by atoms with Gasteiger partial charge >= 0.3 is 0 Å². The molecule has 0 bridgehead atoms. The first-order valence-corrected chi connectivity index (χ1v) is 9.58. The molecular formula is C21H21ClN6O. The van der Waals surface area contributed by atoms with Crippen molar-refractivity contribution >= 4 is 11.6 Å². The maximum atomic E-state index is 9.89. The van der Waals surface area contributed by atoms with Crippen LogP contribution >= 0.6 is 11.6 Å². The summed E-state index contributed by atoms with van der Waals surface area (Å²) in [5.41, 5.74) is 9.99. The second-order valence-corrected chi connectivity index (χ2v) is 8.39. The van der Waals surface area contributed by atoms with Gasteiger partial charge in [0.25, 0.3) is 0 Å². The number of H-pyrrole nitrogens is 1. The van der Waals surface area contributed by atoms with E-state index in [0.29, 0.717) is 27.9 Å². The van der Waals surface area contributed by atoms with Gasteiger partial charge in [-0.2, -0.15) is 10.4 Å². The summed E-state index contributed by atoms with van der Waals surface area (Å²) >= 11 is 6.82. The maximum absolute atomic E-state index is 9.89. The molecule has 3 aromatic rings. The number of halogens is 1. The summed E-state index contributed by atoms with van der Waals surface area (Å²) in [5, 5.41) is 22.3. The standard InChI is InChI=1S/C21H21ClN6O/c1-11-14(18(22)28(27-11)12-8-6-5-7-9-12)15-13(10-23)19(24)29-20-16(15)17(25-26-20)21(2,3)4/h5-9,15H,24H2,1-4H3,(H,25,26). The van der Waals surface area contributed by atoms with Gasteiger partial charge in [0.15, 0.2) is 0 Å². The van der Waals surface area contributed by atoms with Crippen molar-refractivity contribution < 1.29 is 4.74 Å². The third-order valence-corrected chi connectivity index (χ3v) is 5.39. The number of aryl methyl sites for hydroxylation is 1. The van der Waals surface area contributed by atoms with Gasteiger partial charge in [-0.1, -0.05) is 50.6 Å². The number of benzene rings is 1. The fourth-order valence-corrected chi connectivity index (χ4v) is 4.07. The van der Waals surface area contributed by atoms with Crippen molar-refractivity contribution in [3.8, 4) is 17.6 Å². The Balaban J connectivity index is 2.00. The lowest BCUT2D eigenvalue weighted by Gasteiger charge is -2.27. The van der Waals surface area contributed by atoms with Crippen LogP contribution in [0, 0.1) is 18.3 Å². The molecule has 8 heteroatoms. The van der Waals surface area contributed by atoms with Gasteiger partial charge in [0.05, 0.1) is 22.9 Å². The second-order valence-electron chi connectivity index (χ2n) is 8.03. The second kappa shape index (κ2) is 6.68. The summed E-state index contributed by atoms with van der Waals surface area (Å²) in [6.07, 6.45) is 0. The molecule has 3 heterocycles. The number of nitrogens with two attached hydrogens (primary N) is 1. The van der Waals surface area contributed by atoms with Crippen molar-refractivity contribution in [2.75, 3.05) is 0 Å². The quantitative estimate of drug-likeness (QED) is 0.664. The highest BCUT2D eigenvalue weighted by Crippen LogP contribution is 2.48. The van der Waals surface area contributed by atoms with Gasteiger partial charge < -0.3 is 10.5 Å². The van der Waals surface area contributed by atoms with Crippen molar-refractivity contribution in [1.82, 2.24) is 20.0 Å². The first kappa shape index (κ1) is 19.1. The smallest absolute Gasteiger partial charge is 0.244 e. The predicted octanol–water partition coefficient (Wildman–Crippen LogP) is 4.07. The van der Waals surface area contributed by atoms with E-state index in [9.17, 15) is 5.26 Å². The molecule has 0 aliphatic carbocycles. The zero-order chi connectivity index (χ0) is 20.9. The van der Waals surface area contributed by atoms with Crippen molar-refractivity contribution in [2.45, 2.75) is 39.0 Å². The minimum absolute atomic E-state index is 0.0277. The van der Waals surface area contributed by atoms with E-state index in [4.69, 9.17) is 22.1 Å². The normalized spacial score (nSPS) is 16.3. The Morgan fingerprint density at radius 3 is 2.55 bits per heavy atom. The van der Waals surface area contributed by atoms with Crippen LogP contribution in [0.5, 0.6) is 5.88 Å². The average Bonchev–Trinajstić information content (AvgIpc) is 3.22. The highest BCUT2D eigenvalue weighted by atomic mass is 35.5. The molecule has 1 unspecified atom stereocenters. The van der Waals surface area contributed by atoms with Crippen LogP contribution < -0.4 is 10.5 Å². The lowest BCUT2D eigenvalue weighted by molar-refractivity contribution is 0.378. The number of hydrogen-bond acceptors (Lipinski definition) is 5. The first-order chi connectivity index (χ1) is 13.7. The van der Waals surface area contributed by atoms with E-state index < -0.39 is 5.92 Å². The summed E-state index contributed by atoms with van der Waals surface area (Å²) in [7, 11) is 0. The minimum atomic E-state index is -0.526. The van der Waals surface area contributed by atoms with E-state index in [1.807, 2.05) is 37.3 Å². The Morgan fingerprint density at radius 1 is 1.24 bits per heavy atom. The Labute approximate surface area is 173 Å². The summed E-state index contributed by atoms with van der Waals surface area (Å²) in [6.45, 7) is 8.06. The monoisotopic (exact) mass is 408 g/mol. The summed E-state index contributed by atoms with van der Waals surface area (Å²) in [5.74, 6) is -0.138. The van der Waals surface area contributed by atoms with E-state index in [0.717, 1.165) is 16.9 Å². The lowest BCUT2D eigenvalue weighted by atomic mass is 9.79. The molecule has 1 atom stereocenters. The molecule has 1 aliphatic heterocycles. The molecule has 0 saturated carbocycles. The van der Waals surface area contributed by atoms with Crippen molar-refractivity contribution in [1.29, 1.82) is 5.26 Å². The van der Waals surface area contributed by atoms with Crippen LogP contribution in [0.3, 0.4) is 0 Å². The molecule has 0 fully saturated rings. The number of ether oxygens (including phenoxy) is 1. The molecule has 0 radical (unpaired) electrons. The SMILES string of the molecule is Cc1nn(-c2ccccc2)c(Cl)c1C1C(C#N)=C(N)Oc2n[nH]c(C(C)(C)C)c21. The number of nitrogens with one attached hydrogen (secondary N) is 1. The molecule has 3 N–H and O–H groups in total. The third kappa shape index (κ3) is 2.97. The van der Waals surface area contributed by atoms with Crippen LogP contribution in [-0.4, -0.2) is 20.0 Å². The number of hydrogen-bond donors (Lipinski definition) is 2. The highest BCUT2D eigenvalue weighted by Gasteiger charge is 2.40. The van der Waals surface area contributed by atoms with Crippen LogP contribution in [0.15, 0.2) is 41.8 Å². The van der Waals surface area contributed by atoms with Gasteiger partial charge in [-0.05, 0) is 19.1 Å². The fourth-order valence-electron chi connectivity index (χ4n) is 3.68. The Kier molecular flexibility index (Phi) is 4.39. The molecule has 0 amide bonds. The van der Waals surface area contributed by atoms with Gasteiger partial charge in [-0.3, -0.25) is 5.10 Å². The number of para-hydroxylation sites is 1. The van der Waals surface area contributed by atoms with Gasteiger partial charge in [0, 0.05) is 16.7 Å². The molecule has 4 rings (SSSR count). The van der Waals surface area contributed by atoms with Crippen LogP contribution in [0.1, 0.15) is 49.2 Å². The van der Waals surface area contributed by atoms with Crippen molar-refractivity contribution in [2.24, 2.45) is 5.73 Å². The maximum Gasteiger partial charge on any atom is 0.244 e. The molecular weight excluding hydrogens is 388 g/mol. The highest BCUT2D eigenvalue weighted by molar-refractivity contribution is 6.30. The van der Waals surface area contributed by atoms with Crippen LogP contribution in [0.25, 0.3) is 5.69 Å². The van der Waals surface area contributed by atoms with Gasteiger partial charge in [0.2, 0.25) is 11.8 Å². The van der Waals surface area contributed by atoms with Crippen molar-refractivity contribution in [3.05, 3.63) is 69.5 Å². The molecule has 148 valence electrons. The number of rotatable bonds is 2. The molecule has 7 nitrogen and oxygen atoms in total. The van der Waals surface area contributed by atoms with Crippen LogP contribution in [0.4, 0.5) is 0 Å². The molecule has 1 aromatic carbocycles. The molecule has 29 heavy (non-hydrogen) atoms. The number of nitrogens with zero attached hydrogens (tertiary/aromatic N) is 4. The Hall–Kier alpha value is -3.24. The number of aromatic amines is 1. The Bertz CT molecular complexity index is 1160. The van der Waals surface area contributed by atoms with Crippen LogP contribution in [-0.2, 0) is 5.41 Å². The van der Waals surface area contributed by atoms with E-state index in [1.165, 1.54) is 0 Å². The van der Waals surface area contributed by atoms with E-state index in [-0.39, 0.29) is 11.3 Å². The number of aromatic nitrogens is 4. The first-order valence-electron chi connectivity index (χ1n) is 9.20. The molecule has 0 saturated heterocycles. The molecule has 0 spiro atoms. The van der Waals surface area contributed by atoms with Gasteiger partial charge in [-0.25, -0.2) is 4.68 Å². The van der Waals surface area contributed by atoms with E-state index >= 15 is 0 Å². The fraction of sp³-hybridized carbons (Fsp3) is 0.286. The van der Waals surface area contributed by atoms with E-state index in [2.05, 4.69) is 42.1 Å². The third-order valence-electron chi connectivity index (χ3n) is 5.03. The molecule has 2 aromatic heterocycles. The minimum Gasteiger partial charge on any atom is -0.420 e. The van der Waals surface area contributed by atoms with Gasteiger partial charge in [-0.15, -0.1) is 5.10 Å². The summed E-state index contributed by atoms with van der Waals surface area (Å²) in [6, 6.07) is 11.8. The number of allylic oxidation sites excluding steroid dienone is 1. The lowest BCUT2D eigenvalue weighted by Crippen LogP contribution is -2.24. The topological polar surface area (TPSA) is 106 Å². The van der Waals surface area contributed by atoms with Crippen molar-refractivity contribution in [3.63, 3.8) is 0 Å². The predicted molar refractivity (Wildman–Crippen MR) is 110 cm³/mol. The largest absolute Gasteiger partial charge is 0.420 e. The zero-order valence-electron chi connectivity index (χ0n) is 16.6. The number of fused-ring (bicyclic) bond motifs is 1.